The van der Waals surface area contributed by atoms with Crippen molar-refractivity contribution in [3.8, 4) is 11.8 Å². The standard InChI is InChI=1S/C27H22FN3O2/c1-18-7-12-26(33-2)24(13-18)30-27(32)20(15-29)14-21-17-31(25-6-4-3-5-23(21)25)16-19-8-10-22(28)11-9-19/h3-14,17H,16H2,1-2H3,(H,30,32)/b20-14+. The summed E-state index contributed by atoms with van der Waals surface area (Å²) in [5.74, 6) is -0.284. The van der Waals surface area contributed by atoms with Crippen LogP contribution in [-0.4, -0.2) is 17.6 Å². The van der Waals surface area contributed by atoms with E-state index in [1.807, 2.05) is 54.1 Å². The van der Waals surface area contributed by atoms with Crippen LogP contribution in [0.2, 0.25) is 0 Å². The fraction of sp³-hybridized carbons (Fsp3) is 0.111. The average Bonchev–Trinajstić information content (AvgIpc) is 3.16. The van der Waals surface area contributed by atoms with Crippen LogP contribution in [-0.2, 0) is 11.3 Å². The van der Waals surface area contributed by atoms with E-state index in [1.54, 1.807) is 30.3 Å². The summed E-state index contributed by atoms with van der Waals surface area (Å²) in [6.45, 7) is 2.44. The number of benzene rings is 3. The van der Waals surface area contributed by atoms with Gasteiger partial charge in [0, 0.05) is 29.2 Å². The van der Waals surface area contributed by atoms with Gasteiger partial charge in [-0.25, -0.2) is 4.39 Å². The highest BCUT2D eigenvalue weighted by molar-refractivity contribution is 6.11. The van der Waals surface area contributed by atoms with Gasteiger partial charge in [-0.05, 0) is 54.5 Å². The minimum atomic E-state index is -0.517. The van der Waals surface area contributed by atoms with E-state index in [-0.39, 0.29) is 11.4 Å². The molecule has 1 amide bonds. The van der Waals surface area contributed by atoms with Crippen LogP contribution in [0.3, 0.4) is 0 Å². The lowest BCUT2D eigenvalue weighted by atomic mass is 10.1. The van der Waals surface area contributed by atoms with Crippen molar-refractivity contribution >= 4 is 28.6 Å². The van der Waals surface area contributed by atoms with Gasteiger partial charge in [0.25, 0.3) is 5.91 Å². The molecule has 4 aromatic rings. The number of methoxy groups -OCH3 is 1. The van der Waals surface area contributed by atoms with E-state index < -0.39 is 5.91 Å². The number of para-hydroxylation sites is 1. The van der Waals surface area contributed by atoms with Gasteiger partial charge in [-0.3, -0.25) is 4.79 Å². The Kier molecular flexibility index (Phi) is 6.23. The number of rotatable bonds is 6. The second kappa shape index (κ2) is 9.41. The Labute approximate surface area is 191 Å². The third-order valence-electron chi connectivity index (χ3n) is 5.35. The SMILES string of the molecule is COc1ccc(C)cc1NC(=O)/C(C#N)=C/c1cn(Cc2ccc(F)cc2)c2ccccc12. The summed E-state index contributed by atoms with van der Waals surface area (Å²) in [5, 5.41) is 13.4. The highest BCUT2D eigenvalue weighted by Crippen LogP contribution is 2.27. The van der Waals surface area contributed by atoms with Crippen molar-refractivity contribution in [2.75, 3.05) is 12.4 Å². The summed E-state index contributed by atoms with van der Waals surface area (Å²) in [7, 11) is 1.53. The van der Waals surface area contributed by atoms with Gasteiger partial charge in [0.2, 0.25) is 0 Å². The summed E-state index contributed by atoms with van der Waals surface area (Å²) < 4.78 is 20.6. The molecule has 33 heavy (non-hydrogen) atoms. The molecule has 0 saturated heterocycles. The Bertz CT molecular complexity index is 1400. The number of nitrogens with zero attached hydrogens (tertiary/aromatic N) is 2. The Morgan fingerprint density at radius 1 is 1.15 bits per heavy atom. The summed E-state index contributed by atoms with van der Waals surface area (Å²) in [6, 6.07) is 21.5. The topological polar surface area (TPSA) is 67.0 Å². The predicted octanol–water partition coefficient (Wildman–Crippen LogP) is 5.69. The van der Waals surface area contributed by atoms with Gasteiger partial charge < -0.3 is 14.6 Å². The lowest BCUT2D eigenvalue weighted by Gasteiger charge is -2.10. The van der Waals surface area contributed by atoms with E-state index in [0.717, 1.165) is 27.6 Å². The van der Waals surface area contributed by atoms with Gasteiger partial charge in [-0.1, -0.05) is 36.4 Å². The molecule has 1 heterocycles. The lowest BCUT2D eigenvalue weighted by Crippen LogP contribution is -2.14. The van der Waals surface area contributed by atoms with Crippen LogP contribution < -0.4 is 10.1 Å². The third-order valence-corrected chi connectivity index (χ3v) is 5.35. The van der Waals surface area contributed by atoms with E-state index in [9.17, 15) is 14.4 Å². The first kappa shape index (κ1) is 21.8. The summed E-state index contributed by atoms with van der Waals surface area (Å²) in [5.41, 5.74) is 4.07. The monoisotopic (exact) mass is 439 g/mol. The number of ether oxygens (including phenoxy) is 1. The third kappa shape index (κ3) is 4.78. The number of amides is 1. The van der Waals surface area contributed by atoms with Crippen LogP contribution in [0.1, 0.15) is 16.7 Å². The Morgan fingerprint density at radius 2 is 1.91 bits per heavy atom. The molecule has 0 aliphatic heterocycles. The molecule has 3 aromatic carbocycles. The molecule has 0 atom stereocenters. The number of hydrogen-bond acceptors (Lipinski definition) is 3. The van der Waals surface area contributed by atoms with E-state index in [2.05, 4.69) is 5.32 Å². The molecule has 6 heteroatoms. The maximum absolute atomic E-state index is 13.3. The maximum Gasteiger partial charge on any atom is 0.266 e. The van der Waals surface area contributed by atoms with Gasteiger partial charge in [0.05, 0.1) is 12.8 Å². The van der Waals surface area contributed by atoms with Crippen LogP contribution in [0, 0.1) is 24.1 Å². The second-order valence-electron chi connectivity index (χ2n) is 7.68. The number of nitriles is 1. The molecule has 164 valence electrons. The van der Waals surface area contributed by atoms with Gasteiger partial charge in [0.1, 0.15) is 23.2 Å². The van der Waals surface area contributed by atoms with E-state index in [1.165, 1.54) is 19.2 Å². The Balaban J connectivity index is 1.68. The van der Waals surface area contributed by atoms with Crippen molar-refractivity contribution in [2.45, 2.75) is 13.5 Å². The first-order valence-corrected chi connectivity index (χ1v) is 10.4. The fourth-order valence-corrected chi connectivity index (χ4v) is 3.72. The number of hydrogen-bond donors (Lipinski definition) is 1. The van der Waals surface area contributed by atoms with Crippen molar-refractivity contribution < 1.29 is 13.9 Å². The summed E-state index contributed by atoms with van der Waals surface area (Å²) >= 11 is 0. The van der Waals surface area contributed by atoms with Gasteiger partial charge >= 0.3 is 0 Å². The largest absolute Gasteiger partial charge is 0.495 e. The molecule has 0 fully saturated rings. The maximum atomic E-state index is 13.3. The number of fused-ring (bicyclic) bond motifs is 1. The fourth-order valence-electron chi connectivity index (χ4n) is 3.72. The van der Waals surface area contributed by atoms with Crippen molar-refractivity contribution in [3.05, 3.63) is 101 Å². The number of halogens is 1. The molecule has 0 spiro atoms. The summed E-state index contributed by atoms with van der Waals surface area (Å²) in [6.07, 6.45) is 3.48. The summed E-state index contributed by atoms with van der Waals surface area (Å²) in [4.78, 5) is 12.9. The minimum Gasteiger partial charge on any atom is -0.495 e. The zero-order valence-corrected chi connectivity index (χ0v) is 18.3. The molecule has 0 aliphatic carbocycles. The van der Waals surface area contributed by atoms with Gasteiger partial charge in [0.15, 0.2) is 0 Å². The molecule has 0 bridgehead atoms. The number of aromatic nitrogens is 1. The minimum absolute atomic E-state index is 0.0248. The van der Waals surface area contributed by atoms with E-state index in [0.29, 0.717) is 18.0 Å². The molecular formula is C27H22FN3O2. The normalized spacial score (nSPS) is 11.3. The van der Waals surface area contributed by atoms with Crippen molar-refractivity contribution in [3.63, 3.8) is 0 Å². The number of carbonyl (C=O) groups excluding carboxylic acids is 1. The first-order valence-electron chi connectivity index (χ1n) is 10.4. The number of carbonyl (C=O) groups is 1. The molecule has 1 aromatic heterocycles. The van der Waals surface area contributed by atoms with Gasteiger partial charge in [-0.15, -0.1) is 0 Å². The van der Waals surface area contributed by atoms with Crippen LogP contribution in [0.4, 0.5) is 10.1 Å². The van der Waals surface area contributed by atoms with Crippen LogP contribution in [0.25, 0.3) is 17.0 Å². The molecule has 0 saturated carbocycles. The number of anilines is 1. The average molecular weight is 439 g/mol. The molecule has 5 nitrogen and oxygen atoms in total. The Hall–Kier alpha value is -4.37. The smallest absolute Gasteiger partial charge is 0.266 e. The first-order chi connectivity index (χ1) is 16.0. The number of aryl methyl sites for hydroxylation is 1. The zero-order valence-electron chi connectivity index (χ0n) is 18.3. The van der Waals surface area contributed by atoms with Crippen molar-refractivity contribution in [1.29, 1.82) is 5.26 Å². The molecule has 0 unspecified atom stereocenters. The predicted molar refractivity (Wildman–Crippen MR) is 127 cm³/mol. The second-order valence-corrected chi connectivity index (χ2v) is 7.68. The van der Waals surface area contributed by atoms with Crippen LogP contribution in [0.15, 0.2) is 78.5 Å². The van der Waals surface area contributed by atoms with Gasteiger partial charge in [-0.2, -0.15) is 5.26 Å². The highest BCUT2D eigenvalue weighted by Gasteiger charge is 2.15. The highest BCUT2D eigenvalue weighted by atomic mass is 19.1. The quantitative estimate of drug-likeness (QED) is 0.310. The van der Waals surface area contributed by atoms with E-state index in [4.69, 9.17) is 4.74 Å². The zero-order chi connectivity index (χ0) is 23.4. The van der Waals surface area contributed by atoms with E-state index >= 15 is 0 Å². The van der Waals surface area contributed by atoms with Crippen molar-refractivity contribution in [1.82, 2.24) is 4.57 Å². The van der Waals surface area contributed by atoms with Crippen molar-refractivity contribution in [2.24, 2.45) is 0 Å². The Morgan fingerprint density at radius 3 is 2.64 bits per heavy atom. The van der Waals surface area contributed by atoms with Crippen LogP contribution >= 0.6 is 0 Å². The molecule has 1 N–H and O–H groups in total. The number of nitrogens with one attached hydrogen (secondary N) is 1. The molecular weight excluding hydrogens is 417 g/mol. The lowest BCUT2D eigenvalue weighted by molar-refractivity contribution is -0.112. The van der Waals surface area contributed by atoms with Crippen LogP contribution in [0.5, 0.6) is 5.75 Å². The molecule has 4 rings (SSSR count). The molecule has 0 radical (unpaired) electrons. The molecule has 0 aliphatic rings.